The molecule has 5 rings (SSSR count). The fourth-order valence-corrected chi connectivity index (χ4v) is 3.69. The Hall–Kier alpha value is -3.16. The molecule has 3 aromatic heterocycles. The number of imidazole rings is 1. The number of furan rings is 1. The Morgan fingerprint density at radius 3 is 2.75 bits per heavy atom. The molecule has 0 aliphatic carbocycles. The third kappa shape index (κ3) is 3.15. The molecule has 142 valence electrons. The van der Waals surface area contributed by atoms with Gasteiger partial charge < -0.3 is 13.5 Å². The molecule has 0 spiro atoms. The van der Waals surface area contributed by atoms with Gasteiger partial charge in [-0.15, -0.1) is 0 Å². The van der Waals surface area contributed by atoms with Crippen molar-refractivity contribution >= 4 is 0 Å². The largest absolute Gasteiger partial charge is 0.461 e. The number of rotatable bonds is 5. The van der Waals surface area contributed by atoms with Gasteiger partial charge in [0.05, 0.1) is 36.6 Å². The van der Waals surface area contributed by atoms with Crippen molar-refractivity contribution in [1.29, 1.82) is 0 Å². The summed E-state index contributed by atoms with van der Waals surface area (Å²) in [5.41, 5.74) is 10.8. The smallest absolute Gasteiger partial charge is 0.202 e. The third-order valence-corrected chi connectivity index (χ3v) is 5.00. The first-order valence-electron chi connectivity index (χ1n) is 9.39. The molecule has 7 heteroatoms. The van der Waals surface area contributed by atoms with Gasteiger partial charge in [0.25, 0.3) is 0 Å². The van der Waals surface area contributed by atoms with Crippen molar-refractivity contribution in [2.45, 2.75) is 32.0 Å². The lowest BCUT2D eigenvalue weighted by atomic mass is 10.0. The molecular formula is C21H21N5O2. The maximum atomic E-state index is 5.45. The van der Waals surface area contributed by atoms with Crippen molar-refractivity contribution in [3.63, 3.8) is 0 Å². The number of benzene rings is 1. The van der Waals surface area contributed by atoms with Gasteiger partial charge in [-0.05, 0) is 25.5 Å². The van der Waals surface area contributed by atoms with Gasteiger partial charge in [-0.1, -0.05) is 35.5 Å². The summed E-state index contributed by atoms with van der Waals surface area (Å²) in [5, 5.41) is 4.21. The number of nitrogens with one attached hydrogen (secondary N) is 2. The Morgan fingerprint density at radius 1 is 1.11 bits per heavy atom. The summed E-state index contributed by atoms with van der Waals surface area (Å²) < 4.78 is 13.0. The first-order chi connectivity index (χ1) is 13.8. The molecular weight excluding hydrogens is 354 g/mol. The minimum Gasteiger partial charge on any atom is -0.461 e. The molecule has 28 heavy (non-hydrogen) atoms. The van der Waals surface area contributed by atoms with Gasteiger partial charge in [-0.25, -0.2) is 10.4 Å². The maximum absolute atomic E-state index is 5.45. The highest BCUT2D eigenvalue weighted by molar-refractivity contribution is 5.62. The van der Waals surface area contributed by atoms with Crippen molar-refractivity contribution in [3.05, 3.63) is 72.5 Å². The highest BCUT2D eigenvalue weighted by atomic mass is 16.5. The summed E-state index contributed by atoms with van der Waals surface area (Å²) in [7, 11) is 0. The van der Waals surface area contributed by atoms with Crippen LogP contribution in [0.25, 0.3) is 22.8 Å². The summed E-state index contributed by atoms with van der Waals surface area (Å²) >= 11 is 0. The van der Waals surface area contributed by atoms with Gasteiger partial charge in [0, 0.05) is 17.7 Å². The molecule has 0 bridgehead atoms. The van der Waals surface area contributed by atoms with Crippen LogP contribution in [0.3, 0.4) is 0 Å². The van der Waals surface area contributed by atoms with Crippen molar-refractivity contribution in [3.8, 4) is 22.8 Å². The van der Waals surface area contributed by atoms with Crippen LogP contribution < -0.4 is 10.9 Å². The predicted octanol–water partition coefficient (Wildman–Crippen LogP) is 3.77. The number of hydrogen-bond acceptors (Lipinski definition) is 6. The van der Waals surface area contributed by atoms with E-state index in [2.05, 4.69) is 39.6 Å². The van der Waals surface area contributed by atoms with E-state index in [1.807, 2.05) is 42.7 Å². The fraction of sp³-hybridized carbons (Fsp3) is 0.238. The van der Waals surface area contributed by atoms with Crippen LogP contribution in [0.2, 0.25) is 0 Å². The minimum absolute atomic E-state index is 0.171. The number of hydrazine groups is 1. The Labute approximate surface area is 162 Å². The van der Waals surface area contributed by atoms with Crippen LogP contribution >= 0.6 is 0 Å². The third-order valence-electron chi connectivity index (χ3n) is 5.00. The van der Waals surface area contributed by atoms with E-state index in [0.717, 1.165) is 29.1 Å². The number of nitrogens with zero attached hydrogens (tertiary/aromatic N) is 3. The van der Waals surface area contributed by atoms with Gasteiger partial charge in [-0.2, -0.15) is 0 Å². The average molecular weight is 375 g/mol. The van der Waals surface area contributed by atoms with Crippen molar-refractivity contribution in [2.75, 3.05) is 0 Å². The quantitative estimate of drug-likeness (QED) is 0.553. The Bertz CT molecular complexity index is 1050. The number of hydrogen-bond donors (Lipinski definition) is 2. The summed E-state index contributed by atoms with van der Waals surface area (Å²) in [6.45, 7) is 2.75. The second kappa shape index (κ2) is 7.10. The first-order valence-corrected chi connectivity index (χ1v) is 9.39. The van der Waals surface area contributed by atoms with Crippen molar-refractivity contribution < 1.29 is 8.94 Å². The van der Waals surface area contributed by atoms with E-state index in [0.29, 0.717) is 24.1 Å². The second-order valence-electron chi connectivity index (χ2n) is 7.11. The summed E-state index contributed by atoms with van der Waals surface area (Å²) in [5.74, 6) is 1.30. The van der Waals surface area contributed by atoms with Gasteiger partial charge in [0.15, 0.2) is 5.76 Å². The van der Waals surface area contributed by atoms with E-state index < -0.39 is 0 Å². The van der Waals surface area contributed by atoms with E-state index in [1.54, 1.807) is 6.26 Å². The fourth-order valence-electron chi connectivity index (χ4n) is 3.69. The molecule has 1 aromatic carbocycles. The Kier molecular flexibility index (Phi) is 4.31. The van der Waals surface area contributed by atoms with Crippen molar-refractivity contribution in [2.24, 2.45) is 0 Å². The molecule has 0 saturated carbocycles. The van der Waals surface area contributed by atoms with Crippen LogP contribution in [0.1, 0.15) is 30.8 Å². The van der Waals surface area contributed by atoms with Gasteiger partial charge in [0.2, 0.25) is 5.76 Å². The molecule has 1 saturated heterocycles. The van der Waals surface area contributed by atoms with E-state index in [-0.39, 0.29) is 6.04 Å². The van der Waals surface area contributed by atoms with E-state index >= 15 is 0 Å². The molecule has 1 aliphatic rings. The summed E-state index contributed by atoms with van der Waals surface area (Å²) in [4.78, 5) is 4.73. The van der Waals surface area contributed by atoms with E-state index in [9.17, 15) is 0 Å². The second-order valence-corrected chi connectivity index (χ2v) is 7.11. The molecule has 2 N–H and O–H groups in total. The molecule has 4 aromatic rings. The van der Waals surface area contributed by atoms with Crippen LogP contribution in [0.4, 0.5) is 0 Å². The van der Waals surface area contributed by atoms with Crippen LogP contribution in [-0.4, -0.2) is 20.7 Å². The van der Waals surface area contributed by atoms with Gasteiger partial charge in [-0.3, -0.25) is 5.43 Å². The van der Waals surface area contributed by atoms with E-state index in [4.69, 9.17) is 13.9 Å². The monoisotopic (exact) mass is 375 g/mol. The standard InChI is InChI=1S/C21H21N5O2/c1-14-10-17(24-23-14)21-20(15-6-3-2-4-7-15)22-13-26(21)12-16-11-19(28-25-16)18-8-5-9-27-18/h2-9,11,13-14,17,23-24H,10,12H2,1H3. The lowest BCUT2D eigenvalue weighted by molar-refractivity contribution is 0.407. The van der Waals surface area contributed by atoms with Crippen LogP contribution in [-0.2, 0) is 6.54 Å². The molecule has 1 aliphatic heterocycles. The first kappa shape index (κ1) is 17.0. The predicted molar refractivity (Wildman–Crippen MR) is 104 cm³/mol. The molecule has 0 radical (unpaired) electrons. The molecule has 0 amide bonds. The lowest BCUT2D eigenvalue weighted by Gasteiger charge is -2.15. The average Bonchev–Trinajstić information content (AvgIpc) is 3.50. The summed E-state index contributed by atoms with van der Waals surface area (Å²) in [6, 6.07) is 16.4. The molecule has 2 unspecified atom stereocenters. The SMILES string of the molecule is CC1CC(c2c(-c3ccccc3)ncn2Cc2cc(-c3ccco3)on2)NN1. The summed E-state index contributed by atoms with van der Waals surface area (Å²) in [6.07, 6.45) is 4.49. The molecule has 4 heterocycles. The van der Waals surface area contributed by atoms with Crippen molar-refractivity contribution in [1.82, 2.24) is 25.6 Å². The normalized spacial score (nSPS) is 19.3. The zero-order valence-electron chi connectivity index (χ0n) is 15.5. The maximum Gasteiger partial charge on any atom is 0.202 e. The van der Waals surface area contributed by atoms with Crippen LogP contribution in [0.15, 0.2) is 70.1 Å². The van der Waals surface area contributed by atoms with Gasteiger partial charge in [0.1, 0.15) is 5.69 Å². The minimum atomic E-state index is 0.171. The lowest BCUT2D eigenvalue weighted by Crippen LogP contribution is -2.29. The zero-order valence-corrected chi connectivity index (χ0v) is 15.5. The molecule has 7 nitrogen and oxygen atoms in total. The molecule has 2 atom stereocenters. The highest BCUT2D eigenvalue weighted by Gasteiger charge is 2.28. The Balaban J connectivity index is 1.50. The molecule has 1 fully saturated rings. The Morgan fingerprint density at radius 2 is 2.00 bits per heavy atom. The number of aromatic nitrogens is 3. The highest BCUT2D eigenvalue weighted by Crippen LogP contribution is 2.32. The van der Waals surface area contributed by atoms with E-state index in [1.165, 1.54) is 0 Å². The van der Waals surface area contributed by atoms with Crippen LogP contribution in [0, 0.1) is 0 Å². The van der Waals surface area contributed by atoms with Gasteiger partial charge >= 0.3 is 0 Å². The van der Waals surface area contributed by atoms with Crippen LogP contribution in [0.5, 0.6) is 0 Å². The zero-order chi connectivity index (χ0) is 18.9. The topological polar surface area (TPSA) is 81.0 Å².